The Hall–Kier alpha value is -2.14. The predicted octanol–water partition coefficient (Wildman–Crippen LogP) is 2.75. The van der Waals surface area contributed by atoms with Gasteiger partial charge in [0.25, 0.3) is 0 Å². The summed E-state index contributed by atoms with van der Waals surface area (Å²) in [6, 6.07) is 9.69. The smallest absolute Gasteiger partial charge is 0.245 e. The van der Waals surface area contributed by atoms with Crippen LogP contribution in [0.2, 0.25) is 0 Å². The highest BCUT2D eigenvalue weighted by atomic mass is 16.5. The number of likely N-dealkylation sites (tertiary alicyclic amines) is 1. The molecular formula is C18H23N3O2. The van der Waals surface area contributed by atoms with Crippen LogP contribution >= 0.6 is 0 Å². The Morgan fingerprint density at radius 2 is 2.13 bits per heavy atom. The predicted molar refractivity (Wildman–Crippen MR) is 89.0 cm³/mol. The molecule has 122 valence electrons. The Bertz CT molecular complexity index is 653. The molecule has 1 aromatic carbocycles. The van der Waals surface area contributed by atoms with E-state index in [1.54, 1.807) is 13.3 Å². The van der Waals surface area contributed by atoms with Crippen LogP contribution in [0.15, 0.2) is 42.7 Å². The van der Waals surface area contributed by atoms with Crippen molar-refractivity contribution in [2.75, 3.05) is 20.2 Å². The van der Waals surface area contributed by atoms with Gasteiger partial charge in [0.05, 0.1) is 6.10 Å². The van der Waals surface area contributed by atoms with Crippen molar-refractivity contribution in [3.63, 3.8) is 0 Å². The van der Waals surface area contributed by atoms with E-state index in [4.69, 9.17) is 4.74 Å². The van der Waals surface area contributed by atoms with Crippen LogP contribution in [0.5, 0.6) is 0 Å². The maximum atomic E-state index is 12.9. The van der Waals surface area contributed by atoms with Crippen molar-refractivity contribution in [1.29, 1.82) is 0 Å². The molecular weight excluding hydrogens is 290 g/mol. The molecule has 1 aliphatic heterocycles. The Morgan fingerprint density at radius 3 is 2.87 bits per heavy atom. The first-order valence-corrected chi connectivity index (χ1v) is 8.10. The fourth-order valence-corrected chi connectivity index (χ4v) is 3.15. The van der Waals surface area contributed by atoms with Gasteiger partial charge in [0.2, 0.25) is 5.91 Å². The minimum absolute atomic E-state index is 0.127. The van der Waals surface area contributed by atoms with Gasteiger partial charge < -0.3 is 14.2 Å². The lowest BCUT2D eigenvalue weighted by molar-refractivity contribution is -0.137. The average molecular weight is 313 g/mol. The largest absolute Gasteiger partial charge is 0.380 e. The van der Waals surface area contributed by atoms with Gasteiger partial charge in [-0.05, 0) is 19.8 Å². The molecule has 0 saturated carbocycles. The van der Waals surface area contributed by atoms with Crippen molar-refractivity contribution in [3.05, 3.63) is 42.7 Å². The second-order valence-electron chi connectivity index (χ2n) is 5.98. The summed E-state index contributed by atoms with van der Waals surface area (Å²) < 4.78 is 7.37. The van der Waals surface area contributed by atoms with Crippen molar-refractivity contribution in [2.24, 2.45) is 0 Å². The molecule has 2 aromatic rings. The quantitative estimate of drug-likeness (QED) is 0.872. The summed E-state index contributed by atoms with van der Waals surface area (Å²) in [5.74, 6) is 0.952. The van der Waals surface area contributed by atoms with Gasteiger partial charge in [-0.25, -0.2) is 4.98 Å². The van der Waals surface area contributed by atoms with Crippen LogP contribution in [0.4, 0.5) is 0 Å². The van der Waals surface area contributed by atoms with Gasteiger partial charge in [0, 0.05) is 38.2 Å². The maximum Gasteiger partial charge on any atom is 0.245 e. The second-order valence-corrected chi connectivity index (χ2v) is 5.98. The van der Waals surface area contributed by atoms with E-state index in [2.05, 4.69) is 4.98 Å². The highest BCUT2D eigenvalue weighted by Gasteiger charge is 2.28. The molecule has 1 aromatic heterocycles. The molecule has 1 aliphatic rings. The normalized spacial score (nSPS) is 19.6. The standard InChI is InChI=1S/C18H23N3O2/c1-14(18(22)20-11-6-9-16(13-20)23-2)21-12-10-19-17(21)15-7-4-3-5-8-15/h3-5,7-8,10,12,14,16H,6,9,11,13H2,1-2H3. The number of amides is 1. The van der Waals surface area contributed by atoms with Crippen molar-refractivity contribution < 1.29 is 9.53 Å². The SMILES string of the molecule is COC1CCCN(C(=O)C(C)n2ccnc2-c2ccccc2)C1. The van der Waals surface area contributed by atoms with Gasteiger partial charge in [0.15, 0.2) is 0 Å². The minimum atomic E-state index is -0.275. The van der Waals surface area contributed by atoms with E-state index < -0.39 is 0 Å². The lowest BCUT2D eigenvalue weighted by Crippen LogP contribution is -2.45. The van der Waals surface area contributed by atoms with Crippen LogP contribution in [-0.2, 0) is 9.53 Å². The average Bonchev–Trinajstić information content (AvgIpc) is 3.11. The summed E-state index contributed by atoms with van der Waals surface area (Å²) in [7, 11) is 1.71. The third-order valence-electron chi connectivity index (χ3n) is 4.50. The number of carbonyl (C=O) groups excluding carboxylic acids is 1. The molecule has 0 radical (unpaired) electrons. The van der Waals surface area contributed by atoms with Crippen LogP contribution in [0.3, 0.4) is 0 Å². The van der Waals surface area contributed by atoms with Crippen molar-refractivity contribution in [1.82, 2.24) is 14.5 Å². The van der Waals surface area contributed by atoms with E-state index in [9.17, 15) is 4.79 Å². The third kappa shape index (κ3) is 3.29. The molecule has 1 saturated heterocycles. The molecule has 5 nitrogen and oxygen atoms in total. The number of hydrogen-bond acceptors (Lipinski definition) is 3. The lowest BCUT2D eigenvalue weighted by Gasteiger charge is -2.34. The first-order chi connectivity index (χ1) is 11.2. The highest BCUT2D eigenvalue weighted by molar-refractivity contribution is 5.81. The summed E-state index contributed by atoms with van der Waals surface area (Å²) in [6.07, 6.45) is 5.79. The van der Waals surface area contributed by atoms with E-state index in [0.717, 1.165) is 30.8 Å². The number of carbonyl (C=O) groups is 1. The number of aromatic nitrogens is 2. The van der Waals surface area contributed by atoms with Gasteiger partial charge in [-0.2, -0.15) is 0 Å². The summed E-state index contributed by atoms with van der Waals surface area (Å²) in [6.45, 7) is 3.42. The summed E-state index contributed by atoms with van der Waals surface area (Å²) in [4.78, 5) is 19.2. The molecule has 1 amide bonds. The fourth-order valence-electron chi connectivity index (χ4n) is 3.15. The molecule has 23 heavy (non-hydrogen) atoms. The van der Waals surface area contributed by atoms with E-state index in [1.807, 2.05) is 52.9 Å². The molecule has 2 atom stereocenters. The fraction of sp³-hybridized carbons (Fsp3) is 0.444. The van der Waals surface area contributed by atoms with Crippen LogP contribution in [-0.4, -0.2) is 46.7 Å². The lowest BCUT2D eigenvalue weighted by atomic mass is 10.1. The number of imidazole rings is 1. The topological polar surface area (TPSA) is 47.4 Å². The van der Waals surface area contributed by atoms with E-state index in [-0.39, 0.29) is 18.1 Å². The monoisotopic (exact) mass is 313 g/mol. The number of rotatable bonds is 4. The number of nitrogens with zero attached hydrogens (tertiary/aromatic N) is 3. The second kappa shape index (κ2) is 6.96. The van der Waals surface area contributed by atoms with Gasteiger partial charge in [-0.15, -0.1) is 0 Å². The van der Waals surface area contributed by atoms with Crippen LogP contribution in [0.1, 0.15) is 25.8 Å². The van der Waals surface area contributed by atoms with Crippen molar-refractivity contribution >= 4 is 5.91 Å². The molecule has 0 aliphatic carbocycles. The van der Waals surface area contributed by atoms with Gasteiger partial charge in [-0.3, -0.25) is 4.79 Å². The van der Waals surface area contributed by atoms with Crippen molar-refractivity contribution in [3.8, 4) is 11.4 Å². The Labute approximate surface area is 136 Å². The molecule has 0 spiro atoms. The molecule has 0 N–H and O–H groups in total. The van der Waals surface area contributed by atoms with E-state index in [1.165, 1.54) is 0 Å². The number of benzene rings is 1. The summed E-state index contributed by atoms with van der Waals surface area (Å²) in [5, 5.41) is 0. The Balaban J connectivity index is 1.80. The van der Waals surface area contributed by atoms with Crippen LogP contribution < -0.4 is 0 Å². The molecule has 5 heteroatoms. The highest BCUT2D eigenvalue weighted by Crippen LogP contribution is 2.23. The van der Waals surface area contributed by atoms with Crippen LogP contribution in [0, 0.1) is 0 Å². The molecule has 1 fully saturated rings. The molecule has 2 heterocycles. The van der Waals surface area contributed by atoms with Gasteiger partial charge >= 0.3 is 0 Å². The summed E-state index contributed by atoms with van der Waals surface area (Å²) >= 11 is 0. The first kappa shape index (κ1) is 15.7. The third-order valence-corrected chi connectivity index (χ3v) is 4.50. The van der Waals surface area contributed by atoms with Gasteiger partial charge in [-0.1, -0.05) is 30.3 Å². The molecule has 0 bridgehead atoms. The zero-order valence-corrected chi connectivity index (χ0v) is 13.7. The maximum absolute atomic E-state index is 12.9. The Kier molecular flexibility index (Phi) is 4.76. The molecule has 2 unspecified atom stereocenters. The van der Waals surface area contributed by atoms with Crippen molar-refractivity contribution in [2.45, 2.75) is 31.9 Å². The van der Waals surface area contributed by atoms with E-state index in [0.29, 0.717) is 6.54 Å². The van der Waals surface area contributed by atoms with Gasteiger partial charge in [0.1, 0.15) is 11.9 Å². The molecule has 3 rings (SSSR count). The van der Waals surface area contributed by atoms with Crippen LogP contribution in [0.25, 0.3) is 11.4 Å². The zero-order valence-electron chi connectivity index (χ0n) is 13.7. The van der Waals surface area contributed by atoms with E-state index >= 15 is 0 Å². The number of methoxy groups -OCH3 is 1. The number of ether oxygens (including phenoxy) is 1. The zero-order chi connectivity index (χ0) is 16.2. The first-order valence-electron chi connectivity index (χ1n) is 8.10. The number of piperidine rings is 1. The minimum Gasteiger partial charge on any atom is -0.380 e. The Morgan fingerprint density at radius 1 is 1.35 bits per heavy atom. The number of hydrogen-bond donors (Lipinski definition) is 0. The summed E-state index contributed by atoms with van der Waals surface area (Å²) in [5.41, 5.74) is 1.02.